The predicted octanol–water partition coefficient (Wildman–Crippen LogP) is 3.47. The number of ether oxygens (including phenoxy) is 3. The molecule has 0 unspecified atom stereocenters. The Morgan fingerprint density at radius 2 is 1.96 bits per heavy atom. The van der Waals surface area contributed by atoms with E-state index >= 15 is 0 Å². The quantitative estimate of drug-likeness (QED) is 0.859. The first-order valence-corrected chi connectivity index (χ1v) is 7.36. The lowest BCUT2D eigenvalue weighted by Gasteiger charge is -2.04. The van der Waals surface area contributed by atoms with Gasteiger partial charge in [0.05, 0.1) is 6.61 Å². The topological polar surface area (TPSA) is 56.8 Å². The smallest absolute Gasteiger partial charge is 0.248 e. The highest BCUT2D eigenvalue weighted by Crippen LogP contribution is 2.34. The summed E-state index contributed by atoms with van der Waals surface area (Å²) in [4.78, 5) is 12.0. The van der Waals surface area contributed by atoms with E-state index in [4.69, 9.17) is 14.2 Å². The maximum absolute atomic E-state index is 12.0. The number of benzene rings is 2. The second-order valence-electron chi connectivity index (χ2n) is 4.89. The van der Waals surface area contributed by atoms with Gasteiger partial charge in [-0.2, -0.15) is 0 Å². The maximum Gasteiger partial charge on any atom is 0.248 e. The van der Waals surface area contributed by atoms with Gasteiger partial charge in [0.2, 0.25) is 12.7 Å². The van der Waals surface area contributed by atoms with Crippen molar-refractivity contribution in [3.63, 3.8) is 0 Å². The Morgan fingerprint density at radius 3 is 2.74 bits per heavy atom. The fourth-order valence-electron chi connectivity index (χ4n) is 2.17. The van der Waals surface area contributed by atoms with E-state index in [2.05, 4.69) is 5.32 Å². The molecule has 1 heterocycles. The van der Waals surface area contributed by atoms with Gasteiger partial charge in [0.25, 0.3) is 0 Å². The third-order valence-electron chi connectivity index (χ3n) is 3.26. The molecule has 1 N–H and O–H groups in total. The molecule has 0 radical (unpaired) electrons. The monoisotopic (exact) mass is 311 g/mol. The molecule has 0 aliphatic carbocycles. The van der Waals surface area contributed by atoms with Gasteiger partial charge in [0.15, 0.2) is 11.5 Å². The third-order valence-corrected chi connectivity index (χ3v) is 3.26. The highest BCUT2D eigenvalue weighted by molar-refractivity contribution is 6.02. The molecule has 2 aromatic carbocycles. The SMILES string of the molecule is CCOc1ccc(C=CC(=O)Nc2ccc3c(c2)OCO3)cc1. The number of hydrogen-bond acceptors (Lipinski definition) is 4. The first-order chi connectivity index (χ1) is 11.2. The van der Waals surface area contributed by atoms with Crippen LogP contribution in [0.5, 0.6) is 17.2 Å². The minimum atomic E-state index is -0.210. The van der Waals surface area contributed by atoms with Crippen LogP contribution in [0.4, 0.5) is 5.69 Å². The molecule has 5 nitrogen and oxygen atoms in total. The molecule has 0 saturated carbocycles. The maximum atomic E-state index is 12.0. The van der Waals surface area contributed by atoms with Crippen LogP contribution < -0.4 is 19.5 Å². The molecular formula is C18H17NO4. The molecular weight excluding hydrogens is 294 g/mol. The Morgan fingerprint density at radius 1 is 1.17 bits per heavy atom. The van der Waals surface area contributed by atoms with Crippen LogP contribution in [0.2, 0.25) is 0 Å². The van der Waals surface area contributed by atoms with Crippen molar-refractivity contribution >= 4 is 17.7 Å². The third kappa shape index (κ3) is 3.83. The van der Waals surface area contributed by atoms with Crippen molar-refractivity contribution in [2.75, 3.05) is 18.7 Å². The summed E-state index contributed by atoms with van der Waals surface area (Å²) in [6.45, 7) is 2.78. The van der Waals surface area contributed by atoms with E-state index in [0.29, 0.717) is 23.8 Å². The Balaban J connectivity index is 1.60. The normalized spacial score (nSPS) is 12.4. The van der Waals surface area contributed by atoms with Crippen LogP contribution in [-0.2, 0) is 4.79 Å². The van der Waals surface area contributed by atoms with Crippen LogP contribution in [0, 0.1) is 0 Å². The van der Waals surface area contributed by atoms with E-state index in [0.717, 1.165) is 11.3 Å². The lowest BCUT2D eigenvalue weighted by molar-refractivity contribution is -0.111. The Kier molecular flexibility index (Phi) is 4.47. The number of amides is 1. The standard InChI is InChI=1S/C18H17NO4/c1-2-21-15-7-3-13(4-8-15)5-10-18(20)19-14-6-9-16-17(11-14)23-12-22-16/h3-11H,2,12H2,1H3,(H,19,20). The fourth-order valence-corrected chi connectivity index (χ4v) is 2.17. The van der Waals surface area contributed by atoms with Crippen LogP contribution in [0.1, 0.15) is 12.5 Å². The van der Waals surface area contributed by atoms with E-state index in [1.807, 2.05) is 31.2 Å². The van der Waals surface area contributed by atoms with Crippen LogP contribution in [0.15, 0.2) is 48.5 Å². The highest BCUT2D eigenvalue weighted by atomic mass is 16.7. The number of carbonyl (C=O) groups is 1. The van der Waals surface area contributed by atoms with Gasteiger partial charge >= 0.3 is 0 Å². The number of hydrogen-bond donors (Lipinski definition) is 1. The average Bonchev–Trinajstić information content (AvgIpc) is 3.02. The number of fused-ring (bicyclic) bond motifs is 1. The van der Waals surface area contributed by atoms with Gasteiger partial charge in [-0.15, -0.1) is 0 Å². The molecule has 0 spiro atoms. The Labute approximate surface area is 134 Å². The molecule has 0 fully saturated rings. The van der Waals surface area contributed by atoms with Crippen LogP contribution in [-0.4, -0.2) is 19.3 Å². The van der Waals surface area contributed by atoms with Crippen LogP contribution in [0.25, 0.3) is 6.08 Å². The van der Waals surface area contributed by atoms with Gasteiger partial charge in [0, 0.05) is 17.8 Å². The second kappa shape index (κ2) is 6.87. The molecule has 1 aliphatic rings. The number of anilines is 1. The van der Waals surface area contributed by atoms with Crippen LogP contribution in [0.3, 0.4) is 0 Å². The minimum Gasteiger partial charge on any atom is -0.494 e. The lowest BCUT2D eigenvalue weighted by Crippen LogP contribution is -2.07. The largest absolute Gasteiger partial charge is 0.494 e. The molecule has 3 rings (SSSR count). The van der Waals surface area contributed by atoms with Crippen molar-refractivity contribution in [1.29, 1.82) is 0 Å². The molecule has 0 atom stereocenters. The summed E-state index contributed by atoms with van der Waals surface area (Å²) in [6, 6.07) is 12.8. The lowest BCUT2D eigenvalue weighted by atomic mass is 10.2. The summed E-state index contributed by atoms with van der Waals surface area (Å²) in [6.07, 6.45) is 3.23. The predicted molar refractivity (Wildman–Crippen MR) is 87.8 cm³/mol. The Hall–Kier alpha value is -2.95. The van der Waals surface area contributed by atoms with Gasteiger partial charge in [-0.25, -0.2) is 0 Å². The van der Waals surface area contributed by atoms with Gasteiger partial charge in [-0.3, -0.25) is 4.79 Å². The molecule has 23 heavy (non-hydrogen) atoms. The molecule has 0 bridgehead atoms. The summed E-state index contributed by atoms with van der Waals surface area (Å²) in [5.74, 6) is 1.93. The molecule has 5 heteroatoms. The van der Waals surface area contributed by atoms with Gasteiger partial charge < -0.3 is 19.5 Å². The summed E-state index contributed by atoms with van der Waals surface area (Å²) >= 11 is 0. The highest BCUT2D eigenvalue weighted by Gasteiger charge is 2.13. The van der Waals surface area contributed by atoms with E-state index in [9.17, 15) is 4.79 Å². The van der Waals surface area contributed by atoms with E-state index in [1.165, 1.54) is 6.08 Å². The summed E-state index contributed by atoms with van der Waals surface area (Å²) in [5.41, 5.74) is 1.59. The van der Waals surface area contributed by atoms with Gasteiger partial charge in [0.1, 0.15) is 5.75 Å². The van der Waals surface area contributed by atoms with Gasteiger partial charge in [-0.05, 0) is 42.8 Å². The van der Waals surface area contributed by atoms with Crippen molar-refractivity contribution in [3.8, 4) is 17.2 Å². The van der Waals surface area contributed by atoms with E-state index in [-0.39, 0.29) is 12.7 Å². The Bertz CT molecular complexity index is 722. The molecule has 1 amide bonds. The number of nitrogens with one attached hydrogen (secondary N) is 1. The van der Waals surface area contributed by atoms with Crippen molar-refractivity contribution in [3.05, 3.63) is 54.1 Å². The summed E-state index contributed by atoms with van der Waals surface area (Å²) < 4.78 is 15.9. The van der Waals surface area contributed by atoms with Gasteiger partial charge in [-0.1, -0.05) is 12.1 Å². The van der Waals surface area contributed by atoms with E-state index in [1.54, 1.807) is 24.3 Å². The van der Waals surface area contributed by atoms with Crippen molar-refractivity contribution < 1.29 is 19.0 Å². The first kappa shape index (κ1) is 15.0. The van der Waals surface area contributed by atoms with Crippen molar-refractivity contribution in [1.82, 2.24) is 0 Å². The first-order valence-electron chi connectivity index (χ1n) is 7.36. The number of rotatable bonds is 5. The van der Waals surface area contributed by atoms with Crippen LogP contribution >= 0.6 is 0 Å². The molecule has 0 saturated heterocycles. The summed E-state index contributed by atoms with van der Waals surface area (Å²) in [5, 5.41) is 2.79. The minimum absolute atomic E-state index is 0.210. The number of carbonyl (C=O) groups excluding carboxylic acids is 1. The molecule has 118 valence electrons. The zero-order valence-corrected chi connectivity index (χ0v) is 12.7. The molecule has 2 aromatic rings. The summed E-state index contributed by atoms with van der Waals surface area (Å²) in [7, 11) is 0. The fraction of sp³-hybridized carbons (Fsp3) is 0.167. The zero-order valence-electron chi connectivity index (χ0n) is 12.7. The zero-order chi connectivity index (χ0) is 16.1. The van der Waals surface area contributed by atoms with E-state index < -0.39 is 0 Å². The average molecular weight is 311 g/mol. The molecule has 1 aliphatic heterocycles. The van der Waals surface area contributed by atoms with Crippen molar-refractivity contribution in [2.24, 2.45) is 0 Å². The van der Waals surface area contributed by atoms with Crippen molar-refractivity contribution in [2.45, 2.75) is 6.92 Å². The second-order valence-corrected chi connectivity index (χ2v) is 4.89. The molecule has 0 aromatic heterocycles.